The first kappa shape index (κ1) is 12.7. The van der Waals surface area contributed by atoms with E-state index in [1.54, 1.807) is 13.3 Å². The number of nitrogens with two attached hydrogens (primary N) is 1. The highest BCUT2D eigenvalue weighted by Crippen LogP contribution is 2.42. The molecule has 19 heavy (non-hydrogen) atoms. The second-order valence-corrected chi connectivity index (χ2v) is 6.05. The number of hydrogen-bond donors (Lipinski definition) is 1. The van der Waals surface area contributed by atoms with E-state index >= 15 is 0 Å². The predicted molar refractivity (Wildman–Crippen MR) is 75.0 cm³/mol. The molecule has 0 amide bonds. The number of methoxy groups -OCH3 is 1. The zero-order valence-electron chi connectivity index (χ0n) is 10.3. The Hall–Kier alpha value is -1.30. The first-order chi connectivity index (χ1) is 9.17. The molecule has 0 saturated heterocycles. The molecule has 4 nitrogen and oxygen atoms in total. The van der Waals surface area contributed by atoms with Crippen LogP contribution in [0, 0.1) is 0 Å². The Bertz CT molecular complexity index is 602. The number of hydrogen-bond acceptors (Lipinski definition) is 5. The Morgan fingerprint density at radius 2 is 2.37 bits per heavy atom. The maximum absolute atomic E-state index is 6.21. The molecule has 0 bridgehead atoms. The van der Waals surface area contributed by atoms with E-state index in [1.165, 1.54) is 11.3 Å². The van der Waals surface area contributed by atoms with E-state index in [4.69, 9.17) is 26.8 Å². The van der Waals surface area contributed by atoms with Gasteiger partial charge in [-0.15, -0.1) is 11.3 Å². The van der Waals surface area contributed by atoms with Gasteiger partial charge in [0.25, 0.3) is 0 Å². The Labute approximate surface area is 120 Å². The van der Waals surface area contributed by atoms with Crippen molar-refractivity contribution in [2.24, 2.45) is 5.73 Å². The van der Waals surface area contributed by atoms with Crippen LogP contribution in [0.2, 0.25) is 4.34 Å². The highest BCUT2D eigenvalue weighted by molar-refractivity contribution is 7.15. The van der Waals surface area contributed by atoms with Crippen molar-refractivity contribution in [3.63, 3.8) is 0 Å². The van der Waals surface area contributed by atoms with Gasteiger partial charge in [-0.3, -0.25) is 0 Å². The van der Waals surface area contributed by atoms with Crippen molar-refractivity contribution in [3.05, 3.63) is 39.3 Å². The van der Waals surface area contributed by atoms with Crippen LogP contribution in [0.15, 0.2) is 24.4 Å². The van der Waals surface area contributed by atoms with Crippen LogP contribution in [0.3, 0.4) is 0 Å². The Balaban J connectivity index is 1.92. The van der Waals surface area contributed by atoms with Crippen molar-refractivity contribution < 1.29 is 9.47 Å². The molecule has 6 heteroatoms. The summed E-state index contributed by atoms with van der Waals surface area (Å²) in [6, 6.07) is 5.58. The highest BCUT2D eigenvalue weighted by Gasteiger charge is 2.29. The Morgan fingerprint density at radius 3 is 3.05 bits per heavy atom. The third kappa shape index (κ3) is 2.41. The lowest BCUT2D eigenvalue weighted by Crippen LogP contribution is -2.24. The van der Waals surface area contributed by atoms with Crippen LogP contribution in [0.5, 0.6) is 11.5 Å². The largest absolute Gasteiger partial charge is 0.497 e. The molecule has 0 saturated carbocycles. The molecule has 0 fully saturated rings. The first-order valence-corrected chi connectivity index (χ1v) is 7.08. The van der Waals surface area contributed by atoms with Crippen LogP contribution in [0.25, 0.3) is 0 Å². The van der Waals surface area contributed by atoms with Crippen LogP contribution < -0.4 is 15.2 Å². The minimum Gasteiger partial charge on any atom is -0.497 e. The van der Waals surface area contributed by atoms with E-state index in [0.717, 1.165) is 22.1 Å². The molecule has 1 aromatic heterocycles. The minimum absolute atomic E-state index is 0.0912. The van der Waals surface area contributed by atoms with E-state index in [0.29, 0.717) is 10.8 Å². The van der Waals surface area contributed by atoms with Gasteiger partial charge in [0.2, 0.25) is 0 Å². The van der Waals surface area contributed by atoms with Crippen LogP contribution >= 0.6 is 22.9 Å². The van der Waals surface area contributed by atoms with Gasteiger partial charge in [-0.05, 0) is 18.2 Å². The normalized spacial score (nSPS) is 21.6. The number of ether oxygens (including phenoxy) is 2. The van der Waals surface area contributed by atoms with Crippen molar-refractivity contribution in [1.82, 2.24) is 4.98 Å². The van der Waals surface area contributed by atoms with Gasteiger partial charge in [-0.25, -0.2) is 4.98 Å². The number of thiazole rings is 1. The van der Waals surface area contributed by atoms with E-state index in [1.807, 2.05) is 18.2 Å². The molecule has 0 radical (unpaired) electrons. The third-order valence-corrected chi connectivity index (χ3v) is 4.33. The SMILES string of the molecule is COc1ccc2c(c1)[C@H](N)CC(c1ncc(Cl)s1)O2. The maximum atomic E-state index is 6.21. The molecule has 2 aromatic rings. The lowest BCUT2D eigenvalue weighted by atomic mass is 9.97. The average molecular weight is 297 g/mol. The van der Waals surface area contributed by atoms with Crippen LogP contribution in [-0.4, -0.2) is 12.1 Å². The topological polar surface area (TPSA) is 57.4 Å². The van der Waals surface area contributed by atoms with Gasteiger partial charge in [-0.1, -0.05) is 11.6 Å². The fraction of sp³-hybridized carbons (Fsp3) is 0.308. The zero-order valence-corrected chi connectivity index (χ0v) is 11.9. The highest BCUT2D eigenvalue weighted by atomic mass is 35.5. The smallest absolute Gasteiger partial charge is 0.152 e. The summed E-state index contributed by atoms with van der Waals surface area (Å²) in [5.74, 6) is 1.57. The summed E-state index contributed by atoms with van der Waals surface area (Å²) in [5.41, 5.74) is 7.18. The summed E-state index contributed by atoms with van der Waals surface area (Å²) < 4.78 is 11.8. The molecule has 1 aliphatic rings. The summed E-state index contributed by atoms with van der Waals surface area (Å²) in [5, 5.41) is 0.863. The predicted octanol–water partition coefficient (Wildman–Crippen LogP) is 3.33. The van der Waals surface area contributed by atoms with Gasteiger partial charge in [0, 0.05) is 18.0 Å². The first-order valence-electron chi connectivity index (χ1n) is 5.89. The fourth-order valence-corrected chi connectivity index (χ4v) is 3.15. The summed E-state index contributed by atoms with van der Waals surface area (Å²) >= 11 is 7.34. The molecule has 2 heterocycles. The lowest BCUT2D eigenvalue weighted by molar-refractivity contribution is 0.161. The maximum Gasteiger partial charge on any atom is 0.152 e. The second kappa shape index (κ2) is 5.00. The lowest BCUT2D eigenvalue weighted by Gasteiger charge is -2.29. The number of rotatable bonds is 2. The quantitative estimate of drug-likeness (QED) is 0.923. The van der Waals surface area contributed by atoms with Gasteiger partial charge < -0.3 is 15.2 Å². The molecule has 0 spiro atoms. The molecule has 1 aromatic carbocycles. The second-order valence-electron chi connectivity index (χ2n) is 4.36. The summed E-state index contributed by atoms with van der Waals surface area (Å²) in [6.07, 6.45) is 2.19. The van der Waals surface area contributed by atoms with Crippen molar-refractivity contribution in [3.8, 4) is 11.5 Å². The number of nitrogens with zero attached hydrogens (tertiary/aromatic N) is 1. The Kier molecular flexibility index (Phi) is 3.35. The minimum atomic E-state index is -0.131. The van der Waals surface area contributed by atoms with Crippen LogP contribution in [-0.2, 0) is 0 Å². The molecule has 2 N–H and O–H groups in total. The molecule has 2 atom stereocenters. The van der Waals surface area contributed by atoms with E-state index in [-0.39, 0.29) is 12.1 Å². The standard InChI is InChI=1S/C13H13ClN2O2S/c1-17-7-2-3-10-8(4-7)9(15)5-11(18-10)13-16-6-12(14)19-13/h2-4,6,9,11H,5,15H2,1H3/t9-,11?/m1/s1. The molecule has 3 rings (SSSR count). The van der Waals surface area contributed by atoms with Crippen LogP contribution in [0.4, 0.5) is 0 Å². The number of aromatic nitrogens is 1. The van der Waals surface area contributed by atoms with Gasteiger partial charge in [0.1, 0.15) is 20.8 Å². The molecular weight excluding hydrogens is 284 g/mol. The van der Waals surface area contributed by atoms with Crippen LogP contribution in [0.1, 0.15) is 29.1 Å². The number of benzene rings is 1. The van der Waals surface area contributed by atoms with Gasteiger partial charge in [0.05, 0.1) is 13.3 Å². The number of fused-ring (bicyclic) bond motifs is 1. The van der Waals surface area contributed by atoms with E-state index in [9.17, 15) is 0 Å². The van der Waals surface area contributed by atoms with Crippen molar-refractivity contribution >= 4 is 22.9 Å². The fourth-order valence-electron chi connectivity index (χ4n) is 2.18. The molecule has 1 aliphatic heterocycles. The number of halogens is 1. The third-order valence-electron chi connectivity index (χ3n) is 3.12. The van der Waals surface area contributed by atoms with E-state index < -0.39 is 0 Å². The molecule has 1 unspecified atom stereocenters. The molecular formula is C13H13ClN2O2S. The van der Waals surface area contributed by atoms with Crippen molar-refractivity contribution in [2.75, 3.05) is 7.11 Å². The van der Waals surface area contributed by atoms with E-state index in [2.05, 4.69) is 4.98 Å². The zero-order chi connectivity index (χ0) is 13.4. The Morgan fingerprint density at radius 1 is 1.53 bits per heavy atom. The summed E-state index contributed by atoms with van der Waals surface area (Å²) in [4.78, 5) is 4.26. The molecule has 0 aliphatic carbocycles. The van der Waals surface area contributed by atoms with Crippen molar-refractivity contribution in [1.29, 1.82) is 0 Å². The van der Waals surface area contributed by atoms with Crippen molar-refractivity contribution in [2.45, 2.75) is 18.6 Å². The summed E-state index contributed by atoms with van der Waals surface area (Å²) in [7, 11) is 1.64. The van der Waals surface area contributed by atoms with Gasteiger partial charge in [0.15, 0.2) is 6.10 Å². The van der Waals surface area contributed by atoms with Gasteiger partial charge >= 0.3 is 0 Å². The molecule has 100 valence electrons. The monoisotopic (exact) mass is 296 g/mol. The summed E-state index contributed by atoms with van der Waals surface area (Å²) in [6.45, 7) is 0. The van der Waals surface area contributed by atoms with Gasteiger partial charge in [-0.2, -0.15) is 0 Å². The average Bonchev–Trinajstić information content (AvgIpc) is 2.85.